The zero-order chi connectivity index (χ0) is 43.4. The van der Waals surface area contributed by atoms with Crippen LogP contribution in [0.2, 0.25) is 0 Å². The average Bonchev–Trinajstić information content (AvgIpc) is 3.66. The molecule has 1 fully saturated rings. The molecule has 0 aromatic heterocycles. The van der Waals surface area contributed by atoms with E-state index in [1.165, 1.54) is 6.92 Å². The normalized spacial score (nSPS) is 17.7. The maximum atomic E-state index is 15.7. The van der Waals surface area contributed by atoms with E-state index in [4.69, 9.17) is 15.2 Å². The predicted octanol–water partition coefficient (Wildman–Crippen LogP) is 6.23. The summed E-state index contributed by atoms with van der Waals surface area (Å²) in [6.07, 6.45) is 3.96. The molecule has 12 nitrogen and oxygen atoms in total. The van der Waals surface area contributed by atoms with Crippen LogP contribution in [0.4, 0.5) is 0 Å². The first-order valence-corrected chi connectivity index (χ1v) is 21.6. The van der Waals surface area contributed by atoms with Gasteiger partial charge in [0.05, 0.1) is 42.7 Å². The molecule has 5 rings (SSSR count). The Labute approximate surface area is 355 Å². The van der Waals surface area contributed by atoms with Gasteiger partial charge < -0.3 is 30.9 Å². The Kier molecular flexibility index (Phi) is 16.4. The predicted molar refractivity (Wildman–Crippen MR) is 230 cm³/mol. The molecule has 12 heteroatoms. The van der Waals surface area contributed by atoms with Crippen LogP contribution in [0.5, 0.6) is 5.75 Å². The summed E-state index contributed by atoms with van der Waals surface area (Å²) < 4.78 is 11.9. The molecular weight excluding hydrogens is 761 g/mol. The smallest absolute Gasteiger partial charge is 0.338 e. The molecule has 0 radical (unpaired) electrons. The van der Waals surface area contributed by atoms with E-state index in [-0.39, 0.29) is 61.7 Å². The fraction of sp³-hybridized carbons (Fsp3) is 0.521. The Morgan fingerprint density at radius 1 is 0.900 bits per heavy atom. The highest BCUT2D eigenvalue weighted by Gasteiger charge is 2.58. The molecule has 0 spiro atoms. The Hall–Kier alpha value is -5.07. The van der Waals surface area contributed by atoms with E-state index in [2.05, 4.69) is 10.6 Å². The third-order valence-corrected chi connectivity index (χ3v) is 11.7. The van der Waals surface area contributed by atoms with Crippen molar-refractivity contribution in [2.75, 3.05) is 13.2 Å². The van der Waals surface area contributed by atoms with Crippen LogP contribution in [0.1, 0.15) is 119 Å². The largest absolute Gasteiger partial charge is 0.493 e. The number of hydrogen-bond donors (Lipinski definition) is 4. The molecule has 1 aliphatic heterocycles. The number of carbonyl (C=O) groups is 5. The van der Waals surface area contributed by atoms with Crippen LogP contribution >= 0.6 is 0 Å². The number of carbonyl (C=O) groups excluding carboxylic acids is 5. The number of ether oxygens (including phenoxy) is 2. The van der Waals surface area contributed by atoms with Crippen molar-refractivity contribution in [3.63, 3.8) is 0 Å². The SMILES string of the molecule is CC(=O)N(C(=O)[C@@H](N)Cc1ccccc1)[C@](CC(C)C)(C(=O)N[C@@H](CC1CCCCC1)[C@@H](O)CC(=O)NCC(C)C)C1COc2ccc(C(=O)OCc3ccccc3)cc21. The van der Waals surface area contributed by atoms with Crippen LogP contribution in [0.25, 0.3) is 0 Å². The molecule has 5 atom stereocenters. The number of benzene rings is 3. The minimum Gasteiger partial charge on any atom is -0.493 e. The first-order valence-electron chi connectivity index (χ1n) is 21.6. The van der Waals surface area contributed by atoms with Crippen LogP contribution in [0, 0.1) is 17.8 Å². The molecule has 324 valence electrons. The van der Waals surface area contributed by atoms with Crippen LogP contribution < -0.4 is 21.1 Å². The van der Waals surface area contributed by atoms with Gasteiger partial charge in [-0.15, -0.1) is 0 Å². The molecule has 1 heterocycles. The summed E-state index contributed by atoms with van der Waals surface area (Å²) in [5.41, 5.74) is 6.98. The molecule has 3 aromatic carbocycles. The van der Waals surface area contributed by atoms with E-state index in [1.807, 2.05) is 88.4 Å². The van der Waals surface area contributed by atoms with Crippen molar-refractivity contribution >= 4 is 29.6 Å². The molecule has 1 aliphatic carbocycles. The van der Waals surface area contributed by atoms with Crippen molar-refractivity contribution in [2.45, 2.75) is 129 Å². The zero-order valence-electron chi connectivity index (χ0n) is 35.9. The topological polar surface area (TPSA) is 177 Å². The highest BCUT2D eigenvalue weighted by molar-refractivity contribution is 6.04. The molecule has 2 aliphatic rings. The molecule has 4 amide bonds. The fourth-order valence-corrected chi connectivity index (χ4v) is 8.77. The number of hydrogen-bond acceptors (Lipinski definition) is 9. The van der Waals surface area contributed by atoms with E-state index < -0.39 is 53.3 Å². The van der Waals surface area contributed by atoms with Gasteiger partial charge in [-0.2, -0.15) is 0 Å². The number of esters is 1. The third kappa shape index (κ3) is 11.8. The van der Waals surface area contributed by atoms with Gasteiger partial charge in [0.25, 0.3) is 0 Å². The lowest BCUT2D eigenvalue weighted by molar-refractivity contribution is -0.162. The minimum atomic E-state index is -1.95. The van der Waals surface area contributed by atoms with Crippen LogP contribution in [0.15, 0.2) is 78.9 Å². The average molecular weight is 825 g/mol. The highest BCUT2D eigenvalue weighted by atomic mass is 16.5. The third-order valence-electron chi connectivity index (χ3n) is 11.7. The van der Waals surface area contributed by atoms with E-state index in [1.54, 1.807) is 18.2 Å². The quantitative estimate of drug-likeness (QED) is 0.102. The fourth-order valence-electron chi connectivity index (χ4n) is 8.77. The summed E-state index contributed by atoms with van der Waals surface area (Å²) in [6, 6.07) is 21.2. The summed E-state index contributed by atoms with van der Waals surface area (Å²) in [5.74, 6) is -3.49. The van der Waals surface area contributed by atoms with Gasteiger partial charge in [-0.25, -0.2) is 4.79 Å². The summed E-state index contributed by atoms with van der Waals surface area (Å²) in [4.78, 5) is 72.4. The molecule has 5 N–H and O–H groups in total. The second kappa shape index (κ2) is 21.4. The van der Waals surface area contributed by atoms with Crippen LogP contribution in [-0.2, 0) is 36.9 Å². The van der Waals surface area contributed by atoms with Gasteiger partial charge in [-0.3, -0.25) is 24.1 Å². The zero-order valence-corrected chi connectivity index (χ0v) is 35.9. The molecular formula is C48H64N4O8. The second-order valence-electron chi connectivity index (χ2n) is 17.5. The summed E-state index contributed by atoms with van der Waals surface area (Å²) in [6.45, 7) is 9.38. The van der Waals surface area contributed by atoms with Gasteiger partial charge in [0.15, 0.2) is 0 Å². The molecule has 3 aromatic rings. The maximum Gasteiger partial charge on any atom is 0.338 e. The number of nitrogens with two attached hydrogens (primary N) is 1. The van der Waals surface area contributed by atoms with Gasteiger partial charge in [-0.05, 0) is 66.3 Å². The van der Waals surface area contributed by atoms with Crippen molar-refractivity contribution in [1.29, 1.82) is 0 Å². The first-order chi connectivity index (χ1) is 28.7. The number of imide groups is 1. The van der Waals surface area contributed by atoms with Gasteiger partial charge in [0, 0.05) is 19.0 Å². The summed E-state index contributed by atoms with van der Waals surface area (Å²) >= 11 is 0. The molecule has 60 heavy (non-hydrogen) atoms. The van der Waals surface area contributed by atoms with E-state index >= 15 is 4.79 Å². The van der Waals surface area contributed by atoms with E-state index in [0.717, 1.165) is 48.1 Å². The van der Waals surface area contributed by atoms with Gasteiger partial charge >= 0.3 is 5.97 Å². The minimum absolute atomic E-state index is 0.000519. The summed E-state index contributed by atoms with van der Waals surface area (Å²) in [7, 11) is 0. The lowest BCUT2D eigenvalue weighted by Gasteiger charge is -2.47. The monoisotopic (exact) mass is 824 g/mol. The number of nitrogens with one attached hydrogen (secondary N) is 2. The van der Waals surface area contributed by atoms with E-state index in [9.17, 15) is 24.3 Å². The Balaban J connectivity index is 1.60. The lowest BCUT2D eigenvalue weighted by atomic mass is 9.72. The van der Waals surface area contributed by atoms with E-state index in [0.29, 0.717) is 24.3 Å². The van der Waals surface area contributed by atoms with Crippen molar-refractivity contribution in [3.8, 4) is 5.75 Å². The second-order valence-corrected chi connectivity index (χ2v) is 17.5. The highest BCUT2D eigenvalue weighted by Crippen LogP contribution is 2.47. The molecule has 0 bridgehead atoms. The number of aliphatic hydroxyl groups is 1. The number of rotatable bonds is 19. The van der Waals surface area contributed by atoms with Gasteiger partial charge in [-0.1, -0.05) is 120 Å². The Morgan fingerprint density at radius 3 is 2.17 bits per heavy atom. The van der Waals surface area contributed by atoms with Crippen molar-refractivity contribution < 1.29 is 38.6 Å². The van der Waals surface area contributed by atoms with Gasteiger partial charge in [0.1, 0.15) is 17.9 Å². The first kappa shape index (κ1) is 46.0. The van der Waals surface area contributed by atoms with Gasteiger partial charge in [0.2, 0.25) is 23.6 Å². The molecule has 0 saturated heterocycles. The Morgan fingerprint density at radius 2 is 1.55 bits per heavy atom. The summed E-state index contributed by atoms with van der Waals surface area (Å²) in [5, 5.41) is 17.8. The number of amides is 4. The maximum absolute atomic E-state index is 15.7. The number of aliphatic hydroxyl groups excluding tert-OH is 1. The number of fused-ring (bicyclic) bond motifs is 1. The number of nitrogens with zero attached hydrogens (tertiary/aromatic N) is 1. The van der Waals surface area contributed by atoms with Crippen LogP contribution in [0.3, 0.4) is 0 Å². The standard InChI is InChI=1S/C48H64N4O8/c1-31(2)27-48(52(33(5)53)45(56)40(49)23-34-15-9-6-10-16-34,39-30-59-43-22-21-37(25-38(39)43)46(57)60-29-36-19-13-8-14-20-36)47(58)51-41(24-35-17-11-7-12-18-35)42(54)26-44(55)50-28-32(3)4/h6,8-10,13-16,19-22,25,31-32,35,39-42,54H,7,11-12,17-18,23-24,26-30,49H2,1-5H3,(H,50,55)(H,51,58)/t39?,40-,41-,42-,48-/m0/s1. The lowest BCUT2D eigenvalue weighted by Crippen LogP contribution is -2.69. The Bertz CT molecular complexity index is 1920. The van der Waals surface area contributed by atoms with Crippen molar-refractivity contribution in [3.05, 3.63) is 101 Å². The molecule has 1 saturated carbocycles. The van der Waals surface area contributed by atoms with Crippen molar-refractivity contribution in [2.24, 2.45) is 23.5 Å². The molecule has 1 unspecified atom stereocenters. The van der Waals surface area contributed by atoms with Crippen LogP contribution in [-0.4, -0.2) is 76.5 Å². The van der Waals surface area contributed by atoms with Crippen molar-refractivity contribution in [1.82, 2.24) is 15.5 Å².